The van der Waals surface area contributed by atoms with Crippen molar-refractivity contribution in [1.29, 1.82) is 0 Å². The summed E-state index contributed by atoms with van der Waals surface area (Å²) in [4.78, 5) is 10.0. The summed E-state index contributed by atoms with van der Waals surface area (Å²) in [5.41, 5.74) is 1.23. The molecule has 200 valence electrons. The van der Waals surface area contributed by atoms with E-state index in [1.165, 1.54) is 37.0 Å². The third-order valence-corrected chi connectivity index (χ3v) is 6.22. The second-order valence-electron chi connectivity index (χ2n) is 8.98. The second kappa shape index (κ2) is 17.7. The van der Waals surface area contributed by atoms with E-state index in [2.05, 4.69) is 20.8 Å². The van der Waals surface area contributed by atoms with Crippen molar-refractivity contribution in [3.8, 4) is 0 Å². The van der Waals surface area contributed by atoms with Crippen LogP contribution in [0.4, 0.5) is 17.6 Å². The van der Waals surface area contributed by atoms with Gasteiger partial charge in [-0.05, 0) is 58.1 Å². The number of carbonyl (C=O) groups excluding carboxylic acids is 1. The number of carbonyl (C=O) groups is 1. The average molecular weight is 491 g/mol. The number of hydrogen-bond acceptors (Lipinski definition) is 1. The fourth-order valence-electron chi connectivity index (χ4n) is 2.95. The first-order valence-electron chi connectivity index (χ1n) is 12.5. The van der Waals surface area contributed by atoms with Gasteiger partial charge in [0, 0.05) is 6.92 Å². The van der Waals surface area contributed by atoms with Crippen molar-refractivity contribution >= 4 is 6.29 Å². The van der Waals surface area contributed by atoms with Crippen molar-refractivity contribution in [3.63, 3.8) is 0 Å². The van der Waals surface area contributed by atoms with Gasteiger partial charge in [-0.1, -0.05) is 96.2 Å². The molecule has 0 aliphatic carbocycles. The first kappa shape index (κ1) is 36.9. The number of alkyl halides is 4. The highest BCUT2D eigenvalue weighted by Gasteiger charge is 2.62. The van der Waals surface area contributed by atoms with Crippen LogP contribution in [0.1, 0.15) is 113 Å². The van der Waals surface area contributed by atoms with Gasteiger partial charge in [0.15, 0.2) is 0 Å². The highest BCUT2D eigenvalue weighted by molar-refractivity contribution is 5.73. The molecule has 0 atom stereocenters. The lowest BCUT2D eigenvalue weighted by Crippen LogP contribution is -2.52. The minimum Gasteiger partial charge on any atom is -0.298 e. The van der Waals surface area contributed by atoms with Crippen LogP contribution in [-0.2, 0) is 10.2 Å². The topological polar surface area (TPSA) is 17.1 Å². The Kier molecular flexibility index (Phi) is 19.3. The fraction of sp³-hybridized carbons (Fsp3) is 0.690. The molecule has 0 spiro atoms. The monoisotopic (exact) mass is 490 g/mol. The van der Waals surface area contributed by atoms with E-state index in [1.54, 1.807) is 12.1 Å². The molecule has 0 aromatic heterocycles. The highest BCUT2D eigenvalue weighted by Crippen LogP contribution is 2.48. The first-order valence-corrected chi connectivity index (χ1v) is 12.5. The van der Waals surface area contributed by atoms with E-state index in [9.17, 15) is 22.4 Å². The lowest BCUT2D eigenvalue weighted by Gasteiger charge is -2.38. The van der Waals surface area contributed by atoms with Crippen LogP contribution in [0, 0.1) is 12.8 Å². The number of rotatable bonds is 8. The van der Waals surface area contributed by atoms with Gasteiger partial charge in [0.1, 0.15) is 6.29 Å². The summed E-state index contributed by atoms with van der Waals surface area (Å²) < 4.78 is 53.5. The van der Waals surface area contributed by atoms with E-state index >= 15 is 0 Å². The van der Waals surface area contributed by atoms with Crippen LogP contribution in [0.15, 0.2) is 35.4 Å². The average Bonchev–Trinajstić information content (AvgIpc) is 2.80. The molecule has 0 saturated carbocycles. The van der Waals surface area contributed by atoms with E-state index in [-0.39, 0.29) is 12.5 Å². The van der Waals surface area contributed by atoms with E-state index < -0.39 is 17.3 Å². The molecular formula is C29H50F4O. The Labute approximate surface area is 207 Å². The summed E-state index contributed by atoms with van der Waals surface area (Å²) in [5, 5.41) is 0. The van der Waals surface area contributed by atoms with Crippen molar-refractivity contribution < 1.29 is 22.4 Å². The van der Waals surface area contributed by atoms with Crippen LogP contribution in [0.25, 0.3) is 0 Å². The standard InChI is InChI=1S/C13H16F4.C7H12O.C7H16.C2H6/c1-9-5-7-10(8-6-9)11(2,3)13(16,17)12(4,14)15;1-4-6(2)7(3)5-8;1-4-7(5-2)6-3;1-2/h5-8H,1-4H3;5H,4H2,1-3H3;7H,4-6H2,1-3H3;1-2H3/b;7-6-;;. The first-order chi connectivity index (χ1) is 15.6. The van der Waals surface area contributed by atoms with Gasteiger partial charge < -0.3 is 0 Å². The van der Waals surface area contributed by atoms with E-state index in [1.807, 2.05) is 41.5 Å². The number of allylic oxidation sites excluding steroid dienone is 2. The molecular weight excluding hydrogens is 440 g/mol. The maximum atomic E-state index is 13.7. The molecule has 1 rings (SSSR count). The summed E-state index contributed by atoms with van der Waals surface area (Å²) in [6.07, 6.45) is 5.94. The zero-order chi connectivity index (χ0) is 27.8. The van der Waals surface area contributed by atoms with Crippen LogP contribution >= 0.6 is 0 Å². The Morgan fingerprint density at radius 2 is 1.24 bits per heavy atom. The lowest BCUT2D eigenvalue weighted by atomic mass is 9.76. The van der Waals surface area contributed by atoms with Gasteiger partial charge in [-0.25, -0.2) is 8.78 Å². The molecule has 1 aromatic carbocycles. The summed E-state index contributed by atoms with van der Waals surface area (Å²) in [6.45, 7) is 21.0. The van der Waals surface area contributed by atoms with Gasteiger partial charge in [-0.15, -0.1) is 0 Å². The second-order valence-corrected chi connectivity index (χ2v) is 8.98. The molecule has 0 bridgehead atoms. The highest BCUT2D eigenvalue weighted by atomic mass is 19.3. The quantitative estimate of drug-likeness (QED) is 0.201. The Balaban J connectivity index is -0.000000472. The molecule has 5 heteroatoms. The van der Waals surface area contributed by atoms with Crippen molar-refractivity contribution in [2.75, 3.05) is 0 Å². The Hall–Kier alpha value is -1.65. The smallest absolute Gasteiger partial charge is 0.298 e. The molecule has 1 nitrogen and oxygen atoms in total. The van der Waals surface area contributed by atoms with Gasteiger partial charge in [0.2, 0.25) is 0 Å². The summed E-state index contributed by atoms with van der Waals surface area (Å²) >= 11 is 0. The van der Waals surface area contributed by atoms with E-state index in [4.69, 9.17) is 0 Å². The number of benzene rings is 1. The molecule has 0 N–H and O–H groups in total. The summed E-state index contributed by atoms with van der Waals surface area (Å²) in [5.74, 6) is -7.17. The normalized spacial score (nSPS) is 12.3. The van der Waals surface area contributed by atoms with Gasteiger partial charge in [-0.2, -0.15) is 8.78 Å². The van der Waals surface area contributed by atoms with Crippen LogP contribution in [0.3, 0.4) is 0 Å². The van der Waals surface area contributed by atoms with Crippen molar-refractivity contribution in [1.82, 2.24) is 0 Å². The molecule has 0 radical (unpaired) electrons. The fourth-order valence-corrected chi connectivity index (χ4v) is 2.95. The lowest BCUT2D eigenvalue weighted by molar-refractivity contribution is -0.230. The molecule has 0 unspecified atom stereocenters. The van der Waals surface area contributed by atoms with E-state index in [0.29, 0.717) is 0 Å². The maximum Gasteiger partial charge on any atom is 0.318 e. The molecule has 0 heterocycles. The zero-order valence-corrected chi connectivity index (χ0v) is 23.7. The van der Waals surface area contributed by atoms with Crippen LogP contribution in [0.2, 0.25) is 0 Å². The van der Waals surface area contributed by atoms with Crippen molar-refractivity contribution in [3.05, 3.63) is 46.5 Å². The molecule has 0 aliphatic rings. The van der Waals surface area contributed by atoms with Gasteiger partial charge in [0.05, 0.1) is 5.41 Å². The molecule has 1 aromatic rings. The Morgan fingerprint density at radius 3 is 1.44 bits per heavy atom. The third-order valence-electron chi connectivity index (χ3n) is 6.22. The SMILES string of the molecule is CC.CC/C(C)=C(/C)C=O.CCC(CC)CC.Cc1ccc(C(C)(C)C(F)(F)C(C)(F)F)cc1. The number of hydrogen-bond donors (Lipinski definition) is 0. The van der Waals surface area contributed by atoms with Crippen molar-refractivity contribution in [2.45, 2.75) is 126 Å². The van der Waals surface area contributed by atoms with Crippen LogP contribution in [-0.4, -0.2) is 18.1 Å². The maximum absolute atomic E-state index is 13.7. The Bertz CT molecular complexity index is 674. The van der Waals surface area contributed by atoms with Gasteiger partial charge in [0.25, 0.3) is 0 Å². The molecule has 34 heavy (non-hydrogen) atoms. The third kappa shape index (κ3) is 12.2. The molecule has 0 aliphatic heterocycles. The van der Waals surface area contributed by atoms with Crippen LogP contribution < -0.4 is 0 Å². The molecule has 0 amide bonds. The minimum atomic E-state index is -4.10. The molecule has 0 fully saturated rings. The molecule has 0 saturated heterocycles. The van der Waals surface area contributed by atoms with Gasteiger partial charge >= 0.3 is 11.8 Å². The summed E-state index contributed by atoms with van der Waals surface area (Å²) in [7, 11) is 0. The predicted octanol–water partition coefficient (Wildman–Crippen LogP) is 10.4. The Morgan fingerprint density at radius 1 is 0.853 bits per heavy atom. The van der Waals surface area contributed by atoms with Gasteiger partial charge in [-0.3, -0.25) is 4.79 Å². The zero-order valence-electron chi connectivity index (χ0n) is 23.7. The van der Waals surface area contributed by atoms with Crippen LogP contribution in [0.5, 0.6) is 0 Å². The number of aldehydes is 1. The van der Waals surface area contributed by atoms with Crippen molar-refractivity contribution in [2.24, 2.45) is 5.92 Å². The summed E-state index contributed by atoms with van der Waals surface area (Å²) in [6, 6.07) is 6.21. The minimum absolute atomic E-state index is 0.203. The predicted molar refractivity (Wildman–Crippen MR) is 140 cm³/mol. The van der Waals surface area contributed by atoms with E-state index in [0.717, 1.165) is 43.6 Å². The number of aryl methyl sites for hydroxylation is 1. The largest absolute Gasteiger partial charge is 0.318 e. The number of halogens is 4.